The van der Waals surface area contributed by atoms with Crippen LogP contribution in [0.1, 0.15) is 26.7 Å². The molecule has 1 fully saturated rings. The second-order valence-corrected chi connectivity index (χ2v) is 6.43. The lowest BCUT2D eigenvalue weighted by molar-refractivity contribution is -0.0828. The molecule has 0 amide bonds. The Balaban J connectivity index is 0.00000364. The summed E-state index contributed by atoms with van der Waals surface area (Å²) < 4.78 is 30.5. The second kappa shape index (κ2) is 12.4. The van der Waals surface area contributed by atoms with Gasteiger partial charge in [0.1, 0.15) is 6.10 Å². The van der Waals surface area contributed by atoms with Crippen LogP contribution in [0.5, 0.6) is 5.75 Å². The van der Waals surface area contributed by atoms with Gasteiger partial charge in [0.05, 0.1) is 18.7 Å². The van der Waals surface area contributed by atoms with Gasteiger partial charge in [0.25, 0.3) is 0 Å². The topological polar surface area (TPSA) is 64.1 Å². The molecule has 1 atom stereocenters. The van der Waals surface area contributed by atoms with E-state index in [2.05, 4.69) is 15.6 Å². The van der Waals surface area contributed by atoms with Crippen molar-refractivity contribution in [3.63, 3.8) is 0 Å². The van der Waals surface area contributed by atoms with Gasteiger partial charge in [-0.2, -0.15) is 0 Å². The molecule has 1 heterocycles. The molecule has 6 nitrogen and oxygen atoms in total. The summed E-state index contributed by atoms with van der Waals surface area (Å²) in [5.41, 5.74) is -0.268. The summed E-state index contributed by atoms with van der Waals surface area (Å²) in [6, 6.07) is 6.41. The van der Waals surface area contributed by atoms with E-state index in [1.54, 1.807) is 25.3 Å². The fraction of sp³-hybridized carbons (Fsp3) is 0.632. The summed E-state index contributed by atoms with van der Waals surface area (Å²) in [4.78, 5) is 4.66. The van der Waals surface area contributed by atoms with Crippen molar-refractivity contribution in [1.82, 2.24) is 10.6 Å². The highest BCUT2D eigenvalue weighted by Crippen LogP contribution is 2.24. The zero-order valence-corrected chi connectivity index (χ0v) is 18.6. The van der Waals surface area contributed by atoms with Crippen LogP contribution in [0.3, 0.4) is 0 Å². The minimum Gasteiger partial charge on any atom is -0.486 e. The van der Waals surface area contributed by atoms with Crippen molar-refractivity contribution in [3.05, 3.63) is 30.1 Å². The Bertz CT molecular complexity index is 583. The van der Waals surface area contributed by atoms with E-state index in [1.807, 2.05) is 13.8 Å². The molecule has 8 heteroatoms. The first-order valence-electron chi connectivity index (χ1n) is 9.15. The van der Waals surface area contributed by atoms with Crippen LogP contribution in [0.4, 0.5) is 4.39 Å². The van der Waals surface area contributed by atoms with Crippen molar-refractivity contribution in [2.75, 3.05) is 40.0 Å². The molecule has 2 rings (SSSR count). The van der Waals surface area contributed by atoms with E-state index in [1.165, 1.54) is 6.07 Å². The average molecular weight is 495 g/mol. The van der Waals surface area contributed by atoms with E-state index in [4.69, 9.17) is 14.2 Å². The Morgan fingerprint density at radius 1 is 1.30 bits per heavy atom. The fourth-order valence-corrected chi connectivity index (χ4v) is 2.77. The molecule has 2 N–H and O–H groups in total. The third kappa shape index (κ3) is 7.79. The largest absolute Gasteiger partial charge is 0.486 e. The van der Waals surface area contributed by atoms with Crippen LogP contribution in [-0.2, 0) is 9.47 Å². The molecule has 1 aromatic carbocycles. The van der Waals surface area contributed by atoms with Crippen LogP contribution < -0.4 is 15.4 Å². The van der Waals surface area contributed by atoms with Gasteiger partial charge in [0.15, 0.2) is 17.5 Å². The van der Waals surface area contributed by atoms with Gasteiger partial charge < -0.3 is 24.8 Å². The van der Waals surface area contributed by atoms with Crippen molar-refractivity contribution in [2.45, 2.75) is 38.4 Å². The van der Waals surface area contributed by atoms with Crippen molar-refractivity contribution in [1.29, 1.82) is 0 Å². The highest BCUT2D eigenvalue weighted by atomic mass is 127. The standard InChI is InChI=1S/C19H30FN3O3.HI/c1-4-21-18(23-14-19(24-3)9-11-25-12-10-19)22-13-15(2)26-17-8-6-5-7-16(17)20;/h5-8,15H,4,9-14H2,1-3H3,(H2,21,22,23);1H. The molecule has 1 unspecified atom stereocenters. The minimum atomic E-state index is -0.360. The van der Waals surface area contributed by atoms with Crippen LogP contribution in [0.25, 0.3) is 0 Å². The number of para-hydroxylation sites is 1. The Labute approximate surface area is 178 Å². The molecule has 0 aromatic heterocycles. The second-order valence-electron chi connectivity index (χ2n) is 6.43. The van der Waals surface area contributed by atoms with E-state index in [0.717, 1.165) is 19.4 Å². The van der Waals surface area contributed by atoms with Crippen LogP contribution in [-0.4, -0.2) is 57.6 Å². The zero-order chi connectivity index (χ0) is 18.8. The molecule has 0 spiro atoms. The molecule has 1 aromatic rings. The molecule has 0 saturated carbocycles. The normalized spacial score (nSPS) is 17.6. The quantitative estimate of drug-likeness (QED) is 0.330. The third-order valence-electron chi connectivity index (χ3n) is 4.43. The number of halogens is 2. The lowest BCUT2D eigenvalue weighted by atomic mass is 9.94. The van der Waals surface area contributed by atoms with Gasteiger partial charge in [-0.25, -0.2) is 4.39 Å². The highest BCUT2D eigenvalue weighted by molar-refractivity contribution is 14.0. The number of hydrogen-bond donors (Lipinski definition) is 2. The smallest absolute Gasteiger partial charge is 0.191 e. The van der Waals surface area contributed by atoms with Crippen LogP contribution in [0.15, 0.2) is 29.3 Å². The van der Waals surface area contributed by atoms with Gasteiger partial charge in [-0.1, -0.05) is 12.1 Å². The number of benzene rings is 1. The lowest BCUT2D eigenvalue weighted by Gasteiger charge is -2.34. The van der Waals surface area contributed by atoms with Crippen LogP contribution in [0.2, 0.25) is 0 Å². The molecule has 154 valence electrons. The summed E-state index contributed by atoms with van der Waals surface area (Å²) in [6.07, 6.45) is 1.45. The summed E-state index contributed by atoms with van der Waals surface area (Å²) in [7, 11) is 1.73. The summed E-state index contributed by atoms with van der Waals surface area (Å²) in [6.45, 7) is 7.10. The maximum absolute atomic E-state index is 13.7. The highest BCUT2D eigenvalue weighted by Gasteiger charge is 2.32. The number of methoxy groups -OCH3 is 1. The number of guanidine groups is 1. The third-order valence-corrected chi connectivity index (χ3v) is 4.43. The molecule has 0 bridgehead atoms. The Kier molecular flexibility index (Phi) is 10.9. The van der Waals surface area contributed by atoms with Crippen molar-refractivity contribution in [3.8, 4) is 5.75 Å². The predicted molar refractivity (Wildman–Crippen MR) is 116 cm³/mol. The van der Waals surface area contributed by atoms with Gasteiger partial charge in [-0.15, -0.1) is 24.0 Å². The van der Waals surface area contributed by atoms with E-state index < -0.39 is 0 Å². The monoisotopic (exact) mass is 495 g/mol. The fourth-order valence-electron chi connectivity index (χ4n) is 2.77. The van der Waals surface area contributed by atoms with Crippen LogP contribution in [0, 0.1) is 5.82 Å². The van der Waals surface area contributed by atoms with Crippen molar-refractivity contribution < 1.29 is 18.6 Å². The molecule has 0 aliphatic carbocycles. The van der Waals surface area contributed by atoms with Gasteiger partial charge in [-0.3, -0.25) is 4.99 Å². The molecule has 1 aliphatic heterocycles. The SMILES string of the molecule is CCNC(=NCC1(OC)CCOCC1)NCC(C)Oc1ccccc1F.I. The Morgan fingerprint density at radius 2 is 2.00 bits per heavy atom. The number of aliphatic imine (C=N–C) groups is 1. The Morgan fingerprint density at radius 3 is 2.63 bits per heavy atom. The number of hydrogen-bond acceptors (Lipinski definition) is 4. The first-order chi connectivity index (χ1) is 12.6. The average Bonchev–Trinajstić information content (AvgIpc) is 2.66. The number of nitrogens with one attached hydrogen (secondary N) is 2. The van der Waals surface area contributed by atoms with Gasteiger partial charge in [0.2, 0.25) is 0 Å². The van der Waals surface area contributed by atoms with E-state index in [9.17, 15) is 4.39 Å². The van der Waals surface area contributed by atoms with Gasteiger partial charge in [-0.05, 0) is 26.0 Å². The van der Waals surface area contributed by atoms with Crippen molar-refractivity contribution in [2.24, 2.45) is 4.99 Å². The van der Waals surface area contributed by atoms with E-state index in [-0.39, 0.29) is 47.2 Å². The molecule has 0 radical (unpaired) electrons. The molecule has 1 aliphatic rings. The first kappa shape index (κ1) is 23.9. The molecular formula is C19H31FIN3O3. The maximum atomic E-state index is 13.7. The van der Waals surface area contributed by atoms with E-state index in [0.29, 0.717) is 32.3 Å². The van der Waals surface area contributed by atoms with Crippen molar-refractivity contribution >= 4 is 29.9 Å². The lowest BCUT2D eigenvalue weighted by Crippen LogP contribution is -2.45. The summed E-state index contributed by atoms with van der Waals surface area (Å²) >= 11 is 0. The summed E-state index contributed by atoms with van der Waals surface area (Å²) in [5, 5.41) is 6.46. The number of ether oxygens (including phenoxy) is 3. The van der Waals surface area contributed by atoms with Gasteiger partial charge >= 0.3 is 0 Å². The molecular weight excluding hydrogens is 464 g/mol. The predicted octanol–water partition coefficient (Wildman–Crippen LogP) is 2.96. The van der Waals surface area contributed by atoms with E-state index >= 15 is 0 Å². The summed E-state index contributed by atoms with van der Waals surface area (Å²) in [5.74, 6) is 0.588. The first-order valence-corrected chi connectivity index (χ1v) is 9.15. The number of rotatable bonds is 8. The zero-order valence-electron chi connectivity index (χ0n) is 16.3. The Hall–Kier alpha value is -1.13. The van der Waals surface area contributed by atoms with Gasteiger partial charge in [0, 0.05) is 39.7 Å². The molecule has 27 heavy (non-hydrogen) atoms. The maximum Gasteiger partial charge on any atom is 0.191 e. The molecule has 1 saturated heterocycles. The number of nitrogens with zero attached hydrogens (tertiary/aromatic N) is 1. The minimum absolute atomic E-state index is 0. The van der Waals surface area contributed by atoms with Crippen LogP contribution >= 0.6 is 24.0 Å².